The largest absolute Gasteiger partial charge is 0.352 e. The smallest absolute Gasteiger partial charge is 0.261 e. The molecule has 1 aliphatic heterocycles. The van der Waals surface area contributed by atoms with Crippen LogP contribution in [-0.4, -0.2) is 52.1 Å². The lowest BCUT2D eigenvalue weighted by Gasteiger charge is -2.33. The number of halogens is 1. The number of rotatable bonds is 11. The molecule has 1 heterocycles. The van der Waals surface area contributed by atoms with Crippen molar-refractivity contribution in [3.8, 4) is 0 Å². The molecule has 0 radical (unpaired) electrons. The Hall–Kier alpha value is -3.97. The predicted octanol–water partition coefficient (Wildman–Crippen LogP) is 5.81. The average molecular weight is 586 g/mol. The highest BCUT2D eigenvalue weighted by Crippen LogP contribution is 2.24. The Kier molecular flexibility index (Phi) is 9.70. The van der Waals surface area contributed by atoms with E-state index in [-0.39, 0.29) is 49.2 Å². The van der Waals surface area contributed by atoms with Crippen molar-refractivity contribution in [1.29, 1.82) is 0 Å². The molecule has 4 amide bonds. The summed E-state index contributed by atoms with van der Waals surface area (Å²) >= 11 is 6.28. The summed E-state index contributed by atoms with van der Waals surface area (Å²) in [6, 6.07) is 23.1. The van der Waals surface area contributed by atoms with E-state index in [4.69, 9.17) is 11.6 Å². The third kappa shape index (κ3) is 7.08. The Morgan fingerprint density at radius 1 is 0.857 bits per heavy atom. The zero-order valence-corrected chi connectivity index (χ0v) is 24.4. The van der Waals surface area contributed by atoms with Crippen LogP contribution in [0.4, 0.5) is 0 Å². The molecule has 0 bridgehead atoms. The second-order valence-electron chi connectivity index (χ2n) is 11.1. The lowest BCUT2D eigenvalue weighted by atomic mass is 9.94. The van der Waals surface area contributed by atoms with Crippen LogP contribution in [-0.2, 0) is 22.6 Å². The molecule has 1 fully saturated rings. The van der Waals surface area contributed by atoms with Gasteiger partial charge >= 0.3 is 0 Å². The third-order valence-corrected chi connectivity index (χ3v) is 8.35. The lowest BCUT2D eigenvalue weighted by Crippen LogP contribution is -2.52. The Bertz CT molecular complexity index is 1400. The van der Waals surface area contributed by atoms with Crippen LogP contribution in [0.2, 0.25) is 5.02 Å². The number of imide groups is 1. The number of hydrogen-bond acceptors (Lipinski definition) is 4. The third-order valence-electron chi connectivity index (χ3n) is 8.12. The van der Waals surface area contributed by atoms with Crippen LogP contribution >= 0.6 is 11.6 Å². The summed E-state index contributed by atoms with van der Waals surface area (Å²) < 4.78 is 0. The van der Waals surface area contributed by atoms with Gasteiger partial charge in [0.05, 0.1) is 11.1 Å². The first-order valence-corrected chi connectivity index (χ1v) is 15.1. The van der Waals surface area contributed by atoms with Crippen LogP contribution in [0.25, 0.3) is 0 Å². The Balaban J connectivity index is 1.35. The zero-order valence-electron chi connectivity index (χ0n) is 23.6. The lowest BCUT2D eigenvalue weighted by molar-refractivity contribution is -0.141. The molecule has 3 aromatic carbocycles. The molecule has 3 aromatic rings. The molecular formula is C34H36ClN3O4. The first kappa shape index (κ1) is 29.5. The highest BCUT2D eigenvalue weighted by atomic mass is 35.5. The number of carbonyl (C=O) groups is 4. The van der Waals surface area contributed by atoms with E-state index in [9.17, 15) is 19.2 Å². The van der Waals surface area contributed by atoms with Gasteiger partial charge in [-0.2, -0.15) is 0 Å². The van der Waals surface area contributed by atoms with Crippen molar-refractivity contribution < 1.29 is 19.2 Å². The molecule has 1 aliphatic carbocycles. The molecule has 8 heteroatoms. The van der Waals surface area contributed by atoms with Crippen LogP contribution in [0.15, 0.2) is 78.9 Å². The zero-order chi connectivity index (χ0) is 29.5. The highest BCUT2D eigenvalue weighted by Gasteiger charge is 2.36. The minimum atomic E-state index is -0.736. The Morgan fingerprint density at radius 2 is 1.50 bits per heavy atom. The first-order valence-electron chi connectivity index (χ1n) is 14.7. The van der Waals surface area contributed by atoms with E-state index < -0.39 is 6.04 Å². The fourth-order valence-electron chi connectivity index (χ4n) is 5.90. The van der Waals surface area contributed by atoms with Gasteiger partial charge in [0, 0.05) is 37.0 Å². The van der Waals surface area contributed by atoms with E-state index >= 15 is 0 Å². The SMILES string of the molecule is O=C(NC1CCCCC1)C(Cc1ccccc1)N(Cc1cccc(Cl)c1)C(=O)CCCN1C(=O)c2ccccc2C1=O. The second-order valence-corrected chi connectivity index (χ2v) is 11.5. The van der Waals surface area contributed by atoms with Gasteiger partial charge in [0.2, 0.25) is 11.8 Å². The van der Waals surface area contributed by atoms with Crippen LogP contribution < -0.4 is 5.32 Å². The van der Waals surface area contributed by atoms with Gasteiger partial charge in [0.15, 0.2) is 0 Å². The molecule has 0 saturated heterocycles. The van der Waals surface area contributed by atoms with E-state index in [1.165, 1.54) is 11.3 Å². The molecule has 5 rings (SSSR count). The topological polar surface area (TPSA) is 86.8 Å². The fourth-order valence-corrected chi connectivity index (χ4v) is 6.12. The molecule has 1 saturated carbocycles. The maximum Gasteiger partial charge on any atom is 0.261 e. The van der Waals surface area contributed by atoms with Crippen LogP contribution in [0, 0.1) is 0 Å². The van der Waals surface area contributed by atoms with Gasteiger partial charge in [-0.3, -0.25) is 24.1 Å². The van der Waals surface area contributed by atoms with Crippen LogP contribution in [0.3, 0.4) is 0 Å². The van der Waals surface area contributed by atoms with Crippen molar-refractivity contribution >= 4 is 35.2 Å². The van der Waals surface area contributed by atoms with E-state index in [1.54, 1.807) is 41.3 Å². The van der Waals surface area contributed by atoms with Gasteiger partial charge in [-0.25, -0.2) is 0 Å². The number of benzene rings is 3. The summed E-state index contributed by atoms with van der Waals surface area (Å²) in [4.78, 5) is 56.3. The minimum Gasteiger partial charge on any atom is -0.352 e. The van der Waals surface area contributed by atoms with E-state index in [1.807, 2.05) is 42.5 Å². The molecule has 1 atom stereocenters. The van der Waals surface area contributed by atoms with Crippen molar-refractivity contribution in [2.75, 3.05) is 6.54 Å². The van der Waals surface area contributed by atoms with Crippen molar-refractivity contribution in [3.05, 3.63) is 106 Å². The van der Waals surface area contributed by atoms with Crippen molar-refractivity contribution in [2.24, 2.45) is 0 Å². The predicted molar refractivity (Wildman–Crippen MR) is 162 cm³/mol. The quantitative estimate of drug-likeness (QED) is 0.288. The van der Waals surface area contributed by atoms with E-state index in [2.05, 4.69) is 5.32 Å². The number of carbonyl (C=O) groups excluding carboxylic acids is 4. The van der Waals surface area contributed by atoms with Crippen molar-refractivity contribution in [2.45, 2.75) is 70.0 Å². The fraction of sp³-hybridized carbons (Fsp3) is 0.353. The minimum absolute atomic E-state index is 0.0793. The first-order chi connectivity index (χ1) is 20.4. The van der Waals surface area contributed by atoms with Crippen LogP contribution in [0.1, 0.15) is 76.8 Å². The van der Waals surface area contributed by atoms with Gasteiger partial charge in [-0.15, -0.1) is 0 Å². The highest BCUT2D eigenvalue weighted by molar-refractivity contribution is 6.30. The summed E-state index contributed by atoms with van der Waals surface area (Å²) in [7, 11) is 0. The van der Waals surface area contributed by atoms with Crippen molar-refractivity contribution in [3.63, 3.8) is 0 Å². The normalized spacial score (nSPS) is 15.8. The monoisotopic (exact) mass is 585 g/mol. The Labute approximate surface area is 251 Å². The molecule has 1 N–H and O–H groups in total. The number of hydrogen-bond donors (Lipinski definition) is 1. The summed E-state index contributed by atoms with van der Waals surface area (Å²) in [5, 5.41) is 3.79. The Morgan fingerprint density at radius 3 is 2.17 bits per heavy atom. The molecule has 1 unspecified atom stereocenters. The summed E-state index contributed by atoms with van der Waals surface area (Å²) in [6.07, 6.45) is 5.94. The van der Waals surface area contributed by atoms with E-state index in [0.717, 1.165) is 36.8 Å². The molecule has 42 heavy (non-hydrogen) atoms. The number of nitrogens with one attached hydrogen (secondary N) is 1. The second kappa shape index (κ2) is 13.8. The molecule has 218 valence electrons. The maximum absolute atomic E-state index is 13.9. The van der Waals surface area contributed by atoms with Gasteiger partial charge in [0.25, 0.3) is 11.8 Å². The molecule has 2 aliphatic rings. The molecule has 7 nitrogen and oxygen atoms in total. The van der Waals surface area contributed by atoms with Crippen molar-refractivity contribution in [1.82, 2.24) is 15.1 Å². The van der Waals surface area contributed by atoms with E-state index in [0.29, 0.717) is 29.0 Å². The standard InChI is InChI=1S/C34H36ClN3O4/c35-26-14-9-13-25(21-26)23-38(31(39)19-10-20-37-33(41)28-17-7-8-18-29(28)34(37)42)30(22-24-11-3-1-4-12-24)32(40)36-27-15-5-2-6-16-27/h1,3-4,7-9,11-14,17-18,21,27,30H,2,5-6,10,15-16,19-20,22-23H2,(H,36,40). The van der Waals surface area contributed by atoms with Gasteiger partial charge < -0.3 is 10.2 Å². The molecule has 0 spiro atoms. The molecule has 0 aromatic heterocycles. The number of nitrogens with zero attached hydrogens (tertiary/aromatic N) is 2. The maximum atomic E-state index is 13.9. The number of fused-ring (bicyclic) bond motifs is 1. The van der Waals surface area contributed by atoms with Crippen LogP contribution in [0.5, 0.6) is 0 Å². The average Bonchev–Trinajstić information content (AvgIpc) is 3.25. The summed E-state index contributed by atoms with van der Waals surface area (Å²) in [5.41, 5.74) is 2.55. The number of amides is 4. The molecular weight excluding hydrogens is 550 g/mol. The summed E-state index contributed by atoms with van der Waals surface area (Å²) in [6.45, 7) is 0.336. The van der Waals surface area contributed by atoms with Gasteiger partial charge in [-0.05, 0) is 54.7 Å². The van der Waals surface area contributed by atoms with Gasteiger partial charge in [0.1, 0.15) is 6.04 Å². The summed E-state index contributed by atoms with van der Waals surface area (Å²) in [5.74, 6) is -1.06. The van der Waals surface area contributed by atoms with Gasteiger partial charge in [-0.1, -0.05) is 85.5 Å².